The molecule has 3 heterocycles. The van der Waals surface area contributed by atoms with Crippen molar-refractivity contribution < 1.29 is 0 Å². The zero-order valence-electron chi connectivity index (χ0n) is 12.6. The number of rotatable bonds is 2. The smallest absolute Gasteiger partial charge is 0.139 e. The van der Waals surface area contributed by atoms with Crippen molar-refractivity contribution in [2.24, 2.45) is 4.99 Å². The van der Waals surface area contributed by atoms with Gasteiger partial charge in [-0.15, -0.1) is 0 Å². The van der Waals surface area contributed by atoms with Crippen molar-refractivity contribution in [1.82, 2.24) is 10.3 Å². The predicted octanol–water partition coefficient (Wildman–Crippen LogP) is 2.38. The number of amidine groups is 1. The summed E-state index contributed by atoms with van der Waals surface area (Å²) >= 11 is 0. The highest BCUT2D eigenvalue weighted by Gasteiger charge is 2.21. The fourth-order valence-electron chi connectivity index (χ4n) is 3.22. The van der Waals surface area contributed by atoms with E-state index < -0.39 is 0 Å². The maximum absolute atomic E-state index is 4.66. The monoisotopic (exact) mass is 292 g/mol. The first-order valence-corrected chi connectivity index (χ1v) is 7.97. The third-order valence-electron chi connectivity index (χ3n) is 4.37. The van der Waals surface area contributed by atoms with Crippen LogP contribution in [0.2, 0.25) is 0 Å². The van der Waals surface area contributed by atoms with Gasteiger partial charge in [0.2, 0.25) is 0 Å². The first-order valence-electron chi connectivity index (χ1n) is 7.97. The number of pyridine rings is 1. The van der Waals surface area contributed by atoms with Crippen LogP contribution < -0.4 is 10.2 Å². The van der Waals surface area contributed by atoms with Crippen LogP contribution in [0.1, 0.15) is 23.1 Å². The van der Waals surface area contributed by atoms with Crippen molar-refractivity contribution in [3.8, 4) is 0 Å². The summed E-state index contributed by atoms with van der Waals surface area (Å²) in [5, 5.41) is 3.42. The van der Waals surface area contributed by atoms with Gasteiger partial charge in [-0.05, 0) is 36.1 Å². The minimum atomic E-state index is 0.902. The first kappa shape index (κ1) is 13.3. The average molecular weight is 292 g/mol. The number of hydrogen-bond donors (Lipinski definition) is 1. The molecule has 0 spiro atoms. The number of anilines is 1. The van der Waals surface area contributed by atoms with Gasteiger partial charge in [0.05, 0.1) is 5.56 Å². The molecule has 2 aliphatic heterocycles. The molecule has 0 atom stereocenters. The molecule has 1 aromatic heterocycles. The average Bonchev–Trinajstić information content (AvgIpc) is 2.62. The van der Waals surface area contributed by atoms with Gasteiger partial charge in [0.15, 0.2) is 0 Å². The van der Waals surface area contributed by atoms with E-state index in [1.165, 1.54) is 11.1 Å². The Bertz CT molecular complexity index is 708. The Labute approximate surface area is 130 Å². The second-order valence-electron chi connectivity index (χ2n) is 5.83. The van der Waals surface area contributed by atoms with E-state index in [0.29, 0.717) is 0 Å². The Hall–Kier alpha value is -2.36. The number of fused-ring (bicyclic) bond motifs is 1. The number of nitrogens with zero attached hydrogens (tertiary/aromatic N) is 3. The van der Waals surface area contributed by atoms with E-state index >= 15 is 0 Å². The fourth-order valence-corrected chi connectivity index (χ4v) is 3.22. The summed E-state index contributed by atoms with van der Waals surface area (Å²) in [6.45, 7) is 3.83. The molecule has 0 amide bonds. The lowest BCUT2D eigenvalue weighted by Gasteiger charge is -2.31. The summed E-state index contributed by atoms with van der Waals surface area (Å²) in [5.74, 6) is 2.04. The van der Waals surface area contributed by atoms with Crippen molar-refractivity contribution >= 4 is 11.7 Å². The molecule has 0 fully saturated rings. The zero-order chi connectivity index (χ0) is 14.8. The number of aromatic nitrogens is 1. The van der Waals surface area contributed by atoms with E-state index in [1.807, 2.05) is 12.3 Å². The molecule has 1 N–H and O–H groups in total. The van der Waals surface area contributed by atoms with E-state index in [4.69, 9.17) is 0 Å². The topological polar surface area (TPSA) is 40.5 Å². The maximum atomic E-state index is 4.66. The summed E-state index contributed by atoms with van der Waals surface area (Å²) in [6.07, 6.45) is 4.06. The van der Waals surface area contributed by atoms with Gasteiger partial charge in [-0.2, -0.15) is 0 Å². The molecule has 0 aliphatic carbocycles. The van der Waals surface area contributed by atoms with Crippen LogP contribution in [-0.4, -0.2) is 30.5 Å². The van der Waals surface area contributed by atoms with Crippen molar-refractivity contribution in [2.45, 2.75) is 19.4 Å². The number of aliphatic imine (C=N–C) groups is 1. The molecule has 1 aromatic carbocycles. The summed E-state index contributed by atoms with van der Waals surface area (Å²) in [6, 6.07) is 12.8. The van der Waals surface area contributed by atoms with E-state index in [0.717, 1.165) is 56.2 Å². The Balaban J connectivity index is 1.68. The van der Waals surface area contributed by atoms with Gasteiger partial charge in [-0.1, -0.05) is 24.3 Å². The van der Waals surface area contributed by atoms with Gasteiger partial charge in [0.25, 0.3) is 0 Å². The molecule has 2 aromatic rings. The normalized spacial score (nSPS) is 17.5. The molecule has 112 valence electrons. The molecule has 4 heteroatoms. The SMILES string of the molecule is c1ccc2c(c1)CCN(c1ncccc1C1=NCCCN1)C2. The number of benzene rings is 1. The fraction of sp³-hybridized carbons (Fsp3) is 0.333. The third-order valence-corrected chi connectivity index (χ3v) is 4.37. The summed E-state index contributed by atoms with van der Waals surface area (Å²) in [7, 11) is 0. The highest BCUT2D eigenvalue weighted by atomic mass is 15.2. The van der Waals surface area contributed by atoms with Crippen LogP contribution in [0.15, 0.2) is 47.6 Å². The minimum absolute atomic E-state index is 0.902. The Morgan fingerprint density at radius 3 is 2.82 bits per heavy atom. The predicted molar refractivity (Wildman–Crippen MR) is 89.5 cm³/mol. The second-order valence-corrected chi connectivity index (χ2v) is 5.83. The van der Waals surface area contributed by atoms with E-state index in [9.17, 15) is 0 Å². The molecule has 4 rings (SSSR count). The highest BCUT2D eigenvalue weighted by molar-refractivity contribution is 6.03. The van der Waals surface area contributed by atoms with Gasteiger partial charge in [0.1, 0.15) is 11.7 Å². The van der Waals surface area contributed by atoms with Crippen molar-refractivity contribution in [1.29, 1.82) is 0 Å². The minimum Gasteiger partial charge on any atom is -0.370 e. The standard InChI is InChI=1S/C18H20N4/c1-2-6-15-13-22(12-8-14(15)5-1)18-16(7-3-9-21-18)17-19-10-4-11-20-17/h1-3,5-7,9H,4,8,10-13H2,(H,19,20). The third kappa shape index (κ3) is 2.45. The van der Waals surface area contributed by atoms with Gasteiger partial charge in [0, 0.05) is 32.4 Å². The molecule has 2 aliphatic rings. The van der Waals surface area contributed by atoms with Crippen LogP contribution in [0.4, 0.5) is 5.82 Å². The molecular weight excluding hydrogens is 272 g/mol. The zero-order valence-corrected chi connectivity index (χ0v) is 12.6. The van der Waals surface area contributed by atoms with Crippen molar-refractivity contribution in [3.05, 3.63) is 59.3 Å². The van der Waals surface area contributed by atoms with Gasteiger partial charge >= 0.3 is 0 Å². The molecule has 0 saturated heterocycles. The lowest BCUT2D eigenvalue weighted by Crippen LogP contribution is -2.35. The lowest BCUT2D eigenvalue weighted by atomic mass is 9.99. The molecule has 22 heavy (non-hydrogen) atoms. The summed E-state index contributed by atoms with van der Waals surface area (Å²) in [5.41, 5.74) is 4.00. The molecule has 0 radical (unpaired) electrons. The van der Waals surface area contributed by atoms with Crippen LogP contribution in [0.5, 0.6) is 0 Å². The Morgan fingerprint density at radius 2 is 1.95 bits per heavy atom. The van der Waals surface area contributed by atoms with Crippen LogP contribution in [0.25, 0.3) is 0 Å². The van der Waals surface area contributed by atoms with Crippen LogP contribution in [-0.2, 0) is 13.0 Å². The Kier molecular flexibility index (Phi) is 3.51. The second kappa shape index (κ2) is 5.79. The first-order chi connectivity index (χ1) is 10.9. The molecular formula is C18H20N4. The van der Waals surface area contributed by atoms with E-state index in [-0.39, 0.29) is 0 Å². The van der Waals surface area contributed by atoms with Crippen LogP contribution in [0, 0.1) is 0 Å². The van der Waals surface area contributed by atoms with Gasteiger partial charge < -0.3 is 10.2 Å². The number of hydrogen-bond acceptors (Lipinski definition) is 4. The largest absolute Gasteiger partial charge is 0.370 e. The molecule has 0 saturated carbocycles. The summed E-state index contributed by atoms with van der Waals surface area (Å²) < 4.78 is 0. The maximum Gasteiger partial charge on any atom is 0.139 e. The number of nitrogens with one attached hydrogen (secondary N) is 1. The highest BCUT2D eigenvalue weighted by Crippen LogP contribution is 2.25. The Morgan fingerprint density at radius 1 is 1.05 bits per heavy atom. The van der Waals surface area contributed by atoms with Crippen LogP contribution >= 0.6 is 0 Å². The van der Waals surface area contributed by atoms with Gasteiger partial charge in [-0.3, -0.25) is 4.99 Å². The summed E-state index contributed by atoms with van der Waals surface area (Å²) in [4.78, 5) is 11.7. The van der Waals surface area contributed by atoms with E-state index in [1.54, 1.807) is 0 Å². The molecule has 4 nitrogen and oxygen atoms in total. The van der Waals surface area contributed by atoms with Crippen molar-refractivity contribution in [3.63, 3.8) is 0 Å². The van der Waals surface area contributed by atoms with E-state index in [2.05, 4.69) is 50.5 Å². The van der Waals surface area contributed by atoms with Gasteiger partial charge in [-0.25, -0.2) is 4.98 Å². The van der Waals surface area contributed by atoms with Crippen LogP contribution in [0.3, 0.4) is 0 Å². The molecule has 0 bridgehead atoms. The molecule has 0 unspecified atom stereocenters. The van der Waals surface area contributed by atoms with Crippen molar-refractivity contribution in [2.75, 3.05) is 24.5 Å². The quantitative estimate of drug-likeness (QED) is 0.924. The lowest BCUT2D eigenvalue weighted by molar-refractivity contribution is 0.715.